The van der Waals surface area contributed by atoms with Gasteiger partial charge in [-0.05, 0) is 30.5 Å². The third-order valence-electron chi connectivity index (χ3n) is 3.69. The maximum absolute atomic E-state index is 5.70. The van der Waals surface area contributed by atoms with Crippen molar-refractivity contribution in [1.29, 1.82) is 0 Å². The van der Waals surface area contributed by atoms with Gasteiger partial charge in [0.05, 0.1) is 10.7 Å². The van der Waals surface area contributed by atoms with Gasteiger partial charge in [0, 0.05) is 22.4 Å². The summed E-state index contributed by atoms with van der Waals surface area (Å²) in [6, 6.07) is 8.10. The molecule has 1 aliphatic rings. The Bertz CT molecular complexity index is 567. The number of fused-ring (bicyclic) bond motifs is 1. The molecule has 1 heterocycles. The Balaban J connectivity index is 1.85. The lowest BCUT2D eigenvalue weighted by Crippen LogP contribution is -2.13. The van der Waals surface area contributed by atoms with E-state index in [1.165, 1.54) is 34.0 Å². The quantitative estimate of drug-likeness (QED) is 0.837. The van der Waals surface area contributed by atoms with Crippen LogP contribution in [0.2, 0.25) is 0 Å². The fourth-order valence-electron chi connectivity index (χ4n) is 2.53. The van der Waals surface area contributed by atoms with Gasteiger partial charge in [-0.25, -0.2) is 4.98 Å². The van der Waals surface area contributed by atoms with Crippen molar-refractivity contribution in [3.63, 3.8) is 0 Å². The minimum atomic E-state index is 0.269. The van der Waals surface area contributed by atoms with Crippen molar-refractivity contribution in [3.05, 3.63) is 45.4 Å². The summed E-state index contributed by atoms with van der Waals surface area (Å²) in [5, 5.41) is 1.23. The first-order chi connectivity index (χ1) is 8.54. The molecule has 0 saturated carbocycles. The molecule has 0 bridgehead atoms. The number of thiazole rings is 1. The fourth-order valence-corrected chi connectivity index (χ4v) is 3.81. The van der Waals surface area contributed by atoms with Crippen LogP contribution in [0.25, 0.3) is 0 Å². The monoisotopic (exact) mass is 258 g/mol. The first-order valence-electron chi connectivity index (χ1n) is 6.38. The highest BCUT2D eigenvalue weighted by atomic mass is 32.1. The normalized spacial score (nSPS) is 16.8. The SMILES string of the molecule is CC1(C)CCc2sc(Cc3ccc(N)cc3)nc21. The number of nitrogens with zero attached hydrogens (tertiary/aromatic N) is 1. The molecule has 1 aromatic carbocycles. The van der Waals surface area contributed by atoms with Crippen molar-refractivity contribution in [2.75, 3.05) is 5.73 Å². The molecule has 0 amide bonds. The summed E-state index contributed by atoms with van der Waals surface area (Å²) < 4.78 is 0. The minimum Gasteiger partial charge on any atom is -0.399 e. The predicted octanol–water partition coefficient (Wildman–Crippen LogP) is 3.54. The largest absolute Gasteiger partial charge is 0.399 e. The molecule has 1 aromatic heterocycles. The van der Waals surface area contributed by atoms with Gasteiger partial charge in [0.15, 0.2) is 0 Å². The van der Waals surface area contributed by atoms with Crippen LogP contribution in [0, 0.1) is 0 Å². The zero-order valence-corrected chi connectivity index (χ0v) is 11.7. The van der Waals surface area contributed by atoms with E-state index >= 15 is 0 Å². The smallest absolute Gasteiger partial charge is 0.0975 e. The van der Waals surface area contributed by atoms with Crippen LogP contribution in [-0.4, -0.2) is 4.98 Å². The molecule has 0 unspecified atom stereocenters. The second-order valence-corrected chi connectivity index (χ2v) is 6.85. The highest BCUT2D eigenvalue weighted by molar-refractivity contribution is 7.11. The average Bonchev–Trinajstić information content (AvgIpc) is 2.84. The molecule has 0 spiro atoms. The molecule has 2 aromatic rings. The molecule has 18 heavy (non-hydrogen) atoms. The molecule has 3 rings (SSSR count). The Kier molecular flexibility index (Phi) is 2.67. The Hall–Kier alpha value is -1.35. The van der Waals surface area contributed by atoms with Gasteiger partial charge in [-0.3, -0.25) is 0 Å². The number of hydrogen-bond acceptors (Lipinski definition) is 3. The topological polar surface area (TPSA) is 38.9 Å². The van der Waals surface area contributed by atoms with E-state index in [-0.39, 0.29) is 5.41 Å². The van der Waals surface area contributed by atoms with E-state index in [2.05, 4.69) is 26.0 Å². The van der Waals surface area contributed by atoms with Crippen molar-refractivity contribution in [3.8, 4) is 0 Å². The van der Waals surface area contributed by atoms with E-state index in [9.17, 15) is 0 Å². The summed E-state index contributed by atoms with van der Waals surface area (Å²) in [5.41, 5.74) is 9.41. The van der Waals surface area contributed by atoms with Crippen LogP contribution in [0.5, 0.6) is 0 Å². The maximum atomic E-state index is 5.70. The molecule has 2 nitrogen and oxygen atoms in total. The van der Waals surface area contributed by atoms with Gasteiger partial charge in [-0.2, -0.15) is 0 Å². The molecule has 1 aliphatic carbocycles. The Morgan fingerprint density at radius 3 is 2.67 bits per heavy atom. The van der Waals surface area contributed by atoms with Gasteiger partial charge >= 0.3 is 0 Å². The fraction of sp³-hybridized carbons (Fsp3) is 0.400. The second-order valence-electron chi connectivity index (χ2n) is 5.68. The van der Waals surface area contributed by atoms with Crippen LogP contribution in [-0.2, 0) is 18.3 Å². The van der Waals surface area contributed by atoms with Gasteiger partial charge in [-0.1, -0.05) is 26.0 Å². The van der Waals surface area contributed by atoms with Crippen molar-refractivity contribution in [2.45, 2.75) is 38.5 Å². The number of nitrogens with two attached hydrogens (primary N) is 1. The molecule has 0 saturated heterocycles. The predicted molar refractivity (Wildman–Crippen MR) is 77.1 cm³/mol. The third-order valence-corrected chi connectivity index (χ3v) is 4.81. The lowest BCUT2D eigenvalue weighted by molar-refractivity contribution is 0.508. The lowest BCUT2D eigenvalue weighted by atomic mass is 9.91. The van der Waals surface area contributed by atoms with E-state index in [0.29, 0.717) is 0 Å². The summed E-state index contributed by atoms with van der Waals surface area (Å²) in [5.74, 6) is 0. The Morgan fingerprint density at radius 1 is 1.28 bits per heavy atom. The highest BCUT2D eigenvalue weighted by Gasteiger charge is 2.33. The van der Waals surface area contributed by atoms with Crippen molar-refractivity contribution >= 4 is 17.0 Å². The van der Waals surface area contributed by atoms with Crippen molar-refractivity contribution in [2.24, 2.45) is 0 Å². The minimum absolute atomic E-state index is 0.269. The maximum Gasteiger partial charge on any atom is 0.0975 e. The third kappa shape index (κ3) is 2.03. The Morgan fingerprint density at radius 2 is 2.00 bits per heavy atom. The van der Waals surface area contributed by atoms with Gasteiger partial charge < -0.3 is 5.73 Å². The molecule has 94 valence electrons. The number of benzene rings is 1. The van der Waals surface area contributed by atoms with Crippen LogP contribution in [0.1, 0.15) is 41.4 Å². The van der Waals surface area contributed by atoms with Gasteiger partial charge in [-0.15, -0.1) is 11.3 Å². The molecule has 0 aliphatic heterocycles. The molecule has 0 radical (unpaired) electrons. The lowest BCUT2D eigenvalue weighted by Gasteiger charge is -2.15. The second kappa shape index (κ2) is 4.09. The Labute approximate surface area is 112 Å². The number of hydrogen-bond donors (Lipinski definition) is 1. The van der Waals surface area contributed by atoms with Gasteiger partial charge in [0.1, 0.15) is 0 Å². The summed E-state index contributed by atoms with van der Waals surface area (Å²) in [7, 11) is 0. The van der Waals surface area contributed by atoms with E-state index in [0.717, 1.165) is 12.1 Å². The van der Waals surface area contributed by atoms with Crippen LogP contribution >= 0.6 is 11.3 Å². The average molecular weight is 258 g/mol. The number of aryl methyl sites for hydroxylation is 1. The van der Waals surface area contributed by atoms with Crippen LogP contribution in [0.3, 0.4) is 0 Å². The van der Waals surface area contributed by atoms with Gasteiger partial charge in [0.2, 0.25) is 0 Å². The van der Waals surface area contributed by atoms with E-state index in [4.69, 9.17) is 10.7 Å². The first-order valence-corrected chi connectivity index (χ1v) is 7.20. The zero-order valence-electron chi connectivity index (χ0n) is 10.9. The molecule has 2 N–H and O–H groups in total. The van der Waals surface area contributed by atoms with Gasteiger partial charge in [0.25, 0.3) is 0 Å². The van der Waals surface area contributed by atoms with Crippen molar-refractivity contribution in [1.82, 2.24) is 4.98 Å². The molecular weight excluding hydrogens is 240 g/mol. The number of rotatable bonds is 2. The number of aromatic nitrogens is 1. The standard InChI is InChI=1S/C15H18N2S/c1-15(2)8-7-12-14(15)17-13(18-12)9-10-3-5-11(16)6-4-10/h3-6H,7-9,16H2,1-2H3. The summed E-state index contributed by atoms with van der Waals surface area (Å²) >= 11 is 1.88. The van der Waals surface area contributed by atoms with E-state index in [1.807, 2.05) is 23.5 Å². The van der Waals surface area contributed by atoms with Crippen LogP contribution in [0.4, 0.5) is 5.69 Å². The molecule has 3 heteroatoms. The van der Waals surface area contributed by atoms with Crippen LogP contribution < -0.4 is 5.73 Å². The summed E-state index contributed by atoms with van der Waals surface area (Å²) in [6.45, 7) is 4.59. The highest BCUT2D eigenvalue weighted by Crippen LogP contribution is 2.40. The number of nitrogen functional groups attached to an aromatic ring is 1. The summed E-state index contributed by atoms with van der Waals surface area (Å²) in [4.78, 5) is 6.34. The summed E-state index contributed by atoms with van der Waals surface area (Å²) in [6.07, 6.45) is 3.36. The van der Waals surface area contributed by atoms with Crippen molar-refractivity contribution < 1.29 is 0 Å². The van der Waals surface area contributed by atoms with E-state index in [1.54, 1.807) is 0 Å². The first kappa shape index (κ1) is 11.7. The molecular formula is C15H18N2S. The van der Waals surface area contributed by atoms with E-state index < -0.39 is 0 Å². The zero-order chi connectivity index (χ0) is 12.8. The van der Waals surface area contributed by atoms with Crippen LogP contribution in [0.15, 0.2) is 24.3 Å². The number of anilines is 1. The molecule has 0 fully saturated rings. The molecule has 0 atom stereocenters.